The van der Waals surface area contributed by atoms with E-state index in [1.54, 1.807) is 6.92 Å². The predicted molar refractivity (Wildman–Crippen MR) is 91.4 cm³/mol. The lowest BCUT2D eigenvalue weighted by Gasteiger charge is -2.58. The molecule has 0 aromatic heterocycles. The number of epoxide rings is 1. The summed E-state index contributed by atoms with van der Waals surface area (Å²) >= 11 is 0. The zero-order chi connectivity index (χ0) is 16.9. The van der Waals surface area contributed by atoms with Crippen LogP contribution in [0.4, 0.5) is 0 Å². The summed E-state index contributed by atoms with van der Waals surface area (Å²) in [6.45, 7) is 6.54. The summed E-state index contributed by atoms with van der Waals surface area (Å²) in [5.41, 5.74) is 1.39. The molecule has 24 heavy (non-hydrogen) atoms. The predicted octanol–water partition coefficient (Wildman–Crippen LogP) is 3.65. The van der Waals surface area contributed by atoms with E-state index < -0.39 is 5.60 Å². The highest BCUT2D eigenvalue weighted by Gasteiger charge is 2.79. The van der Waals surface area contributed by atoms with Gasteiger partial charge in [-0.2, -0.15) is 0 Å². The SMILES string of the molecule is CC(=O)[C@]12O[C@H]1C[C@@H]1[C@H]3CC=C4C[C@@H](O)CC[C@]4(C)[C@H]3CC[C@@]12C. The molecule has 8 atom stereocenters. The summed E-state index contributed by atoms with van der Waals surface area (Å²) in [6.07, 6.45) is 10.0. The van der Waals surface area contributed by atoms with Gasteiger partial charge in [-0.25, -0.2) is 0 Å². The Balaban J connectivity index is 1.51. The Morgan fingerprint density at radius 1 is 1.25 bits per heavy atom. The van der Waals surface area contributed by atoms with Gasteiger partial charge in [-0.15, -0.1) is 0 Å². The van der Waals surface area contributed by atoms with E-state index in [0.717, 1.165) is 44.4 Å². The molecule has 1 N–H and O–H groups in total. The first-order valence-corrected chi connectivity index (χ1v) is 9.89. The molecule has 0 bridgehead atoms. The van der Waals surface area contributed by atoms with Crippen molar-refractivity contribution in [2.45, 2.75) is 83.5 Å². The molecule has 1 heterocycles. The van der Waals surface area contributed by atoms with Crippen molar-refractivity contribution in [2.24, 2.45) is 28.6 Å². The van der Waals surface area contributed by atoms with Crippen molar-refractivity contribution < 1.29 is 14.6 Å². The number of ether oxygens (including phenoxy) is 1. The Morgan fingerprint density at radius 3 is 2.79 bits per heavy atom. The van der Waals surface area contributed by atoms with E-state index in [-0.39, 0.29) is 28.8 Å². The number of allylic oxidation sites excluding steroid dienone is 1. The Morgan fingerprint density at radius 2 is 2.04 bits per heavy atom. The summed E-state index contributed by atoms with van der Waals surface area (Å²) in [5, 5.41) is 10.1. The van der Waals surface area contributed by atoms with Gasteiger partial charge in [-0.3, -0.25) is 4.79 Å². The second-order valence-corrected chi connectivity index (χ2v) is 9.75. The van der Waals surface area contributed by atoms with Gasteiger partial charge in [0.2, 0.25) is 0 Å². The molecule has 1 saturated heterocycles. The summed E-state index contributed by atoms with van der Waals surface area (Å²) in [4.78, 5) is 12.4. The van der Waals surface area contributed by atoms with Crippen LogP contribution in [0.5, 0.6) is 0 Å². The minimum atomic E-state index is -0.448. The van der Waals surface area contributed by atoms with Crippen LogP contribution in [-0.4, -0.2) is 28.7 Å². The number of Topliss-reactive ketones (excluding diaryl/α,β-unsaturated/α-hetero) is 1. The van der Waals surface area contributed by atoms with Gasteiger partial charge in [0.25, 0.3) is 0 Å². The van der Waals surface area contributed by atoms with Crippen molar-refractivity contribution in [3.63, 3.8) is 0 Å². The first-order valence-electron chi connectivity index (χ1n) is 9.89. The van der Waals surface area contributed by atoms with Crippen LogP contribution in [0.3, 0.4) is 0 Å². The van der Waals surface area contributed by atoms with E-state index in [1.807, 2.05) is 0 Å². The molecule has 0 radical (unpaired) electrons. The topological polar surface area (TPSA) is 49.8 Å². The van der Waals surface area contributed by atoms with E-state index >= 15 is 0 Å². The van der Waals surface area contributed by atoms with Crippen LogP contribution in [0.1, 0.15) is 65.7 Å². The van der Waals surface area contributed by atoms with Gasteiger partial charge in [-0.1, -0.05) is 25.5 Å². The molecule has 5 rings (SSSR count). The Labute approximate surface area is 144 Å². The van der Waals surface area contributed by atoms with Crippen LogP contribution in [0.2, 0.25) is 0 Å². The number of carbonyl (C=O) groups is 1. The Kier molecular flexibility index (Phi) is 2.94. The van der Waals surface area contributed by atoms with Crippen molar-refractivity contribution in [3.8, 4) is 0 Å². The largest absolute Gasteiger partial charge is 0.393 e. The molecule has 0 spiro atoms. The number of aliphatic hydroxyl groups is 1. The maximum atomic E-state index is 12.4. The second-order valence-electron chi connectivity index (χ2n) is 9.75. The number of hydrogen-bond donors (Lipinski definition) is 1. The number of carbonyl (C=O) groups excluding carboxylic acids is 1. The molecule has 0 aromatic carbocycles. The van der Waals surface area contributed by atoms with E-state index in [4.69, 9.17) is 4.74 Å². The molecule has 0 unspecified atom stereocenters. The number of aliphatic hydroxyl groups excluding tert-OH is 1. The fraction of sp³-hybridized carbons (Fsp3) is 0.857. The average Bonchev–Trinajstić information content (AvgIpc) is 3.21. The highest BCUT2D eigenvalue weighted by Crippen LogP contribution is 2.73. The van der Waals surface area contributed by atoms with Gasteiger partial charge in [0.15, 0.2) is 11.4 Å². The quantitative estimate of drug-likeness (QED) is 0.590. The van der Waals surface area contributed by atoms with E-state index in [2.05, 4.69) is 19.9 Å². The van der Waals surface area contributed by atoms with Crippen molar-refractivity contribution in [1.82, 2.24) is 0 Å². The lowest BCUT2D eigenvalue weighted by atomic mass is 9.47. The van der Waals surface area contributed by atoms with Crippen LogP contribution in [0, 0.1) is 28.6 Å². The van der Waals surface area contributed by atoms with Crippen molar-refractivity contribution in [1.29, 1.82) is 0 Å². The smallest absolute Gasteiger partial charge is 0.164 e. The molecule has 3 saturated carbocycles. The van der Waals surface area contributed by atoms with E-state index in [1.165, 1.54) is 12.0 Å². The van der Waals surface area contributed by atoms with Gasteiger partial charge in [-0.05, 0) is 75.0 Å². The molecule has 0 aromatic rings. The number of hydrogen-bond acceptors (Lipinski definition) is 3. The number of fused-ring (bicyclic) bond motifs is 7. The van der Waals surface area contributed by atoms with Crippen LogP contribution < -0.4 is 0 Å². The third-order valence-corrected chi connectivity index (χ3v) is 9.03. The van der Waals surface area contributed by atoms with Gasteiger partial charge >= 0.3 is 0 Å². The van der Waals surface area contributed by atoms with Crippen molar-refractivity contribution in [3.05, 3.63) is 11.6 Å². The van der Waals surface area contributed by atoms with E-state index in [9.17, 15) is 9.90 Å². The average molecular weight is 330 g/mol. The van der Waals surface area contributed by atoms with Crippen molar-refractivity contribution >= 4 is 5.78 Å². The number of rotatable bonds is 1. The fourth-order valence-electron chi connectivity index (χ4n) is 7.71. The molecule has 4 aliphatic carbocycles. The third kappa shape index (κ3) is 1.60. The molecule has 132 valence electrons. The first kappa shape index (κ1) is 15.6. The third-order valence-electron chi connectivity index (χ3n) is 9.03. The molecule has 0 amide bonds. The van der Waals surface area contributed by atoms with Gasteiger partial charge in [0, 0.05) is 5.41 Å². The number of ketones is 1. The molecule has 3 nitrogen and oxygen atoms in total. The zero-order valence-electron chi connectivity index (χ0n) is 15.2. The van der Waals surface area contributed by atoms with Gasteiger partial charge < -0.3 is 9.84 Å². The molecular formula is C21H30O3. The second kappa shape index (κ2) is 4.54. The van der Waals surface area contributed by atoms with Gasteiger partial charge in [0.05, 0.1) is 12.2 Å². The summed E-state index contributed by atoms with van der Waals surface area (Å²) < 4.78 is 6.00. The highest BCUT2D eigenvalue weighted by molar-refractivity contribution is 5.90. The summed E-state index contributed by atoms with van der Waals surface area (Å²) in [7, 11) is 0. The van der Waals surface area contributed by atoms with Gasteiger partial charge in [0.1, 0.15) is 0 Å². The molecule has 4 fully saturated rings. The van der Waals surface area contributed by atoms with E-state index in [0.29, 0.717) is 11.8 Å². The van der Waals surface area contributed by atoms with Crippen LogP contribution in [-0.2, 0) is 9.53 Å². The maximum Gasteiger partial charge on any atom is 0.164 e. The van der Waals surface area contributed by atoms with Crippen LogP contribution in [0.15, 0.2) is 11.6 Å². The molecule has 3 heteroatoms. The maximum absolute atomic E-state index is 12.4. The lowest BCUT2D eigenvalue weighted by Crippen LogP contribution is -2.54. The summed E-state index contributed by atoms with van der Waals surface area (Å²) in [6, 6.07) is 0. The molecular weight excluding hydrogens is 300 g/mol. The molecule has 1 aliphatic heterocycles. The zero-order valence-corrected chi connectivity index (χ0v) is 15.2. The summed E-state index contributed by atoms with van der Waals surface area (Å²) in [5.74, 6) is 2.31. The standard InChI is InChI=1S/C21H30O3/c1-12(22)21-18(24-21)11-17-15-5-4-13-10-14(23)6-8-19(13,2)16(15)7-9-20(17,21)3/h4,14-18,23H,5-11H2,1-3H3/t14-,15-,16-,17+,18-,19-,20-,21-/m0/s1. The lowest BCUT2D eigenvalue weighted by molar-refractivity contribution is -0.135. The minimum Gasteiger partial charge on any atom is -0.393 e. The van der Waals surface area contributed by atoms with Crippen LogP contribution >= 0.6 is 0 Å². The van der Waals surface area contributed by atoms with Crippen molar-refractivity contribution in [2.75, 3.05) is 0 Å². The fourth-order valence-corrected chi connectivity index (χ4v) is 7.71. The first-order chi connectivity index (χ1) is 11.3. The Bertz CT molecular complexity index is 639. The minimum absolute atomic E-state index is 0.0422. The highest BCUT2D eigenvalue weighted by atomic mass is 16.6. The normalized spacial score (nSPS) is 58.0. The van der Waals surface area contributed by atoms with Crippen LogP contribution in [0.25, 0.3) is 0 Å². The monoisotopic (exact) mass is 330 g/mol. The Hall–Kier alpha value is -0.670. The molecule has 5 aliphatic rings.